The predicted octanol–water partition coefficient (Wildman–Crippen LogP) is 5.16. The number of hydrogen-bond acceptors (Lipinski definition) is 8. The summed E-state index contributed by atoms with van der Waals surface area (Å²) in [6, 6.07) is 15.1. The molecule has 0 spiro atoms. The standard InChI is InChI=1S/C28H26N4O5S2/c1-16-5-4-12-29-24(16)18-13-19(15-22(14-18)37-21-8-10-23(11-9-21)39(3,35)36)26(33)32-28-31-25(17(2)38-28)27(34)30-20-6-7-20/h4-5,8-15,20H,6-7H2,1-3H3,(H,30,34)(H,31,32,33). The van der Waals surface area contributed by atoms with Crippen LogP contribution < -0.4 is 15.4 Å². The van der Waals surface area contributed by atoms with Crippen LogP contribution in [0.25, 0.3) is 11.3 Å². The number of amides is 2. The van der Waals surface area contributed by atoms with Crippen molar-refractivity contribution >= 4 is 38.1 Å². The zero-order valence-corrected chi connectivity index (χ0v) is 23.2. The van der Waals surface area contributed by atoms with Gasteiger partial charge in [0.15, 0.2) is 15.0 Å². The monoisotopic (exact) mass is 562 g/mol. The molecule has 0 saturated heterocycles. The van der Waals surface area contributed by atoms with Gasteiger partial charge >= 0.3 is 0 Å². The molecule has 1 saturated carbocycles. The zero-order valence-electron chi connectivity index (χ0n) is 21.5. The molecule has 2 amide bonds. The number of nitrogens with one attached hydrogen (secondary N) is 2. The normalized spacial score (nSPS) is 13.1. The van der Waals surface area contributed by atoms with Crippen molar-refractivity contribution in [1.29, 1.82) is 0 Å². The van der Waals surface area contributed by atoms with E-state index in [1.807, 2.05) is 19.1 Å². The quantitative estimate of drug-likeness (QED) is 0.304. The molecule has 1 aliphatic rings. The molecule has 2 N–H and O–H groups in total. The second kappa shape index (κ2) is 10.6. The third-order valence-corrected chi connectivity index (χ3v) is 8.10. The number of hydrogen-bond donors (Lipinski definition) is 2. The van der Waals surface area contributed by atoms with Gasteiger partial charge < -0.3 is 10.1 Å². The van der Waals surface area contributed by atoms with E-state index < -0.39 is 15.7 Å². The number of aryl methyl sites for hydroxylation is 2. The highest BCUT2D eigenvalue weighted by Crippen LogP contribution is 2.31. The molecule has 0 radical (unpaired) electrons. The minimum atomic E-state index is -3.34. The Labute approximate surface area is 230 Å². The number of ether oxygens (including phenoxy) is 1. The molecule has 0 atom stereocenters. The molecule has 0 aliphatic heterocycles. The van der Waals surface area contributed by atoms with E-state index in [9.17, 15) is 18.0 Å². The number of benzene rings is 2. The van der Waals surface area contributed by atoms with Gasteiger partial charge in [-0.1, -0.05) is 6.07 Å². The number of aromatic nitrogens is 2. The summed E-state index contributed by atoms with van der Waals surface area (Å²) >= 11 is 1.23. The molecule has 1 aliphatic carbocycles. The van der Waals surface area contributed by atoms with Crippen LogP contribution in [0.5, 0.6) is 11.5 Å². The molecule has 11 heteroatoms. The molecule has 200 valence electrons. The van der Waals surface area contributed by atoms with Crippen molar-refractivity contribution in [2.24, 2.45) is 0 Å². The van der Waals surface area contributed by atoms with Crippen LogP contribution in [-0.2, 0) is 9.84 Å². The third-order valence-electron chi connectivity index (χ3n) is 6.08. The fourth-order valence-corrected chi connectivity index (χ4v) is 5.35. The number of thiazole rings is 1. The molecule has 9 nitrogen and oxygen atoms in total. The average Bonchev–Trinajstić information content (AvgIpc) is 3.63. The summed E-state index contributed by atoms with van der Waals surface area (Å²) < 4.78 is 29.6. The van der Waals surface area contributed by atoms with Crippen LogP contribution in [0.4, 0.5) is 5.13 Å². The summed E-state index contributed by atoms with van der Waals surface area (Å²) in [4.78, 5) is 35.5. The van der Waals surface area contributed by atoms with E-state index in [1.165, 1.54) is 23.5 Å². The molecule has 4 aromatic rings. The van der Waals surface area contributed by atoms with E-state index in [0.717, 1.165) is 24.7 Å². The molecule has 0 unspecified atom stereocenters. The number of nitrogens with zero attached hydrogens (tertiary/aromatic N) is 2. The predicted molar refractivity (Wildman–Crippen MR) is 149 cm³/mol. The summed E-state index contributed by atoms with van der Waals surface area (Å²) in [5.41, 5.74) is 2.89. The van der Waals surface area contributed by atoms with Crippen LogP contribution in [0, 0.1) is 13.8 Å². The SMILES string of the molecule is Cc1cccnc1-c1cc(Oc2ccc(S(C)(=O)=O)cc2)cc(C(=O)Nc2nc(C(=O)NC3CC3)c(C)s2)c1. The van der Waals surface area contributed by atoms with Gasteiger partial charge in [-0.25, -0.2) is 13.4 Å². The Bertz CT molecular complexity index is 1680. The lowest BCUT2D eigenvalue weighted by Gasteiger charge is -2.12. The Balaban J connectivity index is 1.44. The maximum atomic E-state index is 13.3. The Kier molecular flexibility index (Phi) is 7.19. The number of anilines is 1. The molecule has 5 rings (SSSR count). The molecule has 2 aromatic heterocycles. The van der Waals surface area contributed by atoms with E-state index >= 15 is 0 Å². The Hall–Kier alpha value is -4.09. The summed E-state index contributed by atoms with van der Waals surface area (Å²) in [5.74, 6) is 0.114. The van der Waals surface area contributed by atoms with E-state index in [4.69, 9.17) is 4.74 Å². The maximum Gasteiger partial charge on any atom is 0.271 e. The highest BCUT2D eigenvalue weighted by atomic mass is 32.2. The Morgan fingerprint density at radius 2 is 1.74 bits per heavy atom. The van der Waals surface area contributed by atoms with Gasteiger partial charge in [-0.15, -0.1) is 11.3 Å². The lowest BCUT2D eigenvalue weighted by Crippen LogP contribution is -2.26. The smallest absolute Gasteiger partial charge is 0.271 e. The van der Waals surface area contributed by atoms with Crippen molar-refractivity contribution in [3.63, 3.8) is 0 Å². The van der Waals surface area contributed by atoms with Gasteiger partial charge in [-0.3, -0.25) is 19.9 Å². The van der Waals surface area contributed by atoms with Crippen LogP contribution in [0.1, 0.15) is 44.1 Å². The molecular formula is C28H26N4O5S2. The first-order valence-corrected chi connectivity index (χ1v) is 14.9. The number of sulfone groups is 1. The summed E-state index contributed by atoms with van der Waals surface area (Å²) in [6.07, 6.45) is 4.75. The van der Waals surface area contributed by atoms with Gasteiger partial charge in [0.25, 0.3) is 11.8 Å². The van der Waals surface area contributed by atoms with Crippen LogP contribution >= 0.6 is 11.3 Å². The molecular weight excluding hydrogens is 536 g/mol. The van der Waals surface area contributed by atoms with Crippen molar-refractivity contribution in [3.05, 3.63) is 82.5 Å². The Morgan fingerprint density at radius 3 is 2.41 bits per heavy atom. The van der Waals surface area contributed by atoms with Crippen molar-refractivity contribution in [3.8, 4) is 22.8 Å². The Morgan fingerprint density at radius 1 is 1.00 bits per heavy atom. The molecule has 2 aromatic carbocycles. The summed E-state index contributed by atoms with van der Waals surface area (Å²) in [7, 11) is -3.34. The van der Waals surface area contributed by atoms with Gasteiger partial charge in [0, 0.05) is 34.5 Å². The van der Waals surface area contributed by atoms with Gasteiger partial charge in [0.1, 0.15) is 17.2 Å². The molecule has 1 fully saturated rings. The number of carbonyl (C=O) groups is 2. The molecule has 2 heterocycles. The number of pyridine rings is 1. The highest BCUT2D eigenvalue weighted by molar-refractivity contribution is 7.90. The van der Waals surface area contributed by atoms with E-state index in [0.29, 0.717) is 44.0 Å². The number of rotatable bonds is 8. The fraction of sp³-hybridized carbons (Fsp3) is 0.214. The zero-order chi connectivity index (χ0) is 27.7. The second-order valence-electron chi connectivity index (χ2n) is 9.39. The minimum Gasteiger partial charge on any atom is -0.457 e. The second-order valence-corrected chi connectivity index (χ2v) is 12.6. The van der Waals surface area contributed by atoms with Crippen LogP contribution in [0.15, 0.2) is 65.7 Å². The van der Waals surface area contributed by atoms with Crippen LogP contribution in [0.3, 0.4) is 0 Å². The summed E-state index contributed by atoms with van der Waals surface area (Å²) in [6.45, 7) is 3.71. The van der Waals surface area contributed by atoms with Gasteiger partial charge in [-0.05, 0) is 80.8 Å². The van der Waals surface area contributed by atoms with Crippen LogP contribution in [-0.4, -0.2) is 42.5 Å². The van der Waals surface area contributed by atoms with Crippen molar-refractivity contribution in [2.45, 2.75) is 37.6 Å². The molecule has 39 heavy (non-hydrogen) atoms. The number of carbonyl (C=O) groups excluding carboxylic acids is 2. The average molecular weight is 563 g/mol. The first-order valence-electron chi connectivity index (χ1n) is 12.2. The van der Waals surface area contributed by atoms with Gasteiger partial charge in [0.2, 0.25) is 0 Å². The van der Waals surface area contributed by atoms with Gasteiger partial charge in [-0.2, -0.15) is 0 Å². The topological polar surface area (TPSA) is 127 Å². The van der Waals surface area contributed by atoms with Gasteiger partial charge in [0.05, 0.1) is 10.6 Å². The lowest BCUT2D eigenvalue weighted by molar-refractivity contribution is 0.0944. The first-order chi connectivity index (χ1) is 18.6. The lowest BCUT2D eigenvalue weighted by atomic mass is 10.0. The van der Waals surface area contributed by atoms with E-state index in [-0.39, 0.29) is 16.8 Å². The van der Waals surface area contributed by atoms with Crippen molar-refractivity contribution in [1.82, 2.24) is 15.3 Å². The molecule has 0 bridgehead atoms. The van der Waals surface area contributed by atoms with Crippen molar-refractivity contribution in [2.75, 3.05) is 11.6 Å². The van der Waals surface area contributed by atoms with Crippen molar-refractivity contribution < 1.29 is 22.7 Å². The largest absolute Gasteiger partial charge is 0.457 e. The highest BCUT2D eigenvalue weighted by Gasteiger charge is 2.26. The first kappa shape index (κ1) is 26.5. The fourth-order valence-electron chi connectivity index (χ4n) is 3.92. The van der Waals surface area contributed by atoms with Crippen LogP contribution in [0.2, 0.25) is 0 Å². The third kappa shape index (κ3) is 6.32. The summed E-state index contributed by atoms with van der Waals surface area (Å²) in [5, 5.41) is 6.03. The maximum absolute atomic E-state index is 13.3. The van der Waals surface area contributed by atoms with E-state index in [2.05, 4.69) is 20.6 Å². The van der Waals surface area contributed by atoms with E-state index in [1.54, 1.807) is 43.5 Å². The minimum absolute atomic E-state index is 0.178.